The van der Waals surface area contributed by atoms with E-state index in [1.165, 1.54) is 23.3 Å². The van der Waals surface area contributed by atoms with Crippen molar-refractivity contribution in [3.63, 3.8) is 0 Å². The molecule has 3 atom stereocenters. The molecule has 1 N–H and O–H groups in total. The van der Waals surface area contributed by atoms with Crippen molar-refractivity contribution in [3.05, 3.63) is 45.9 Å². The lowest BCUT2D eigenvalue weighted by Gasteiger charge is -2.36. The summed E-state index contributed by atoms with van der Waals surface area (Å²) in [6, 6.07) is 4.98. The van der Waals surface area contributed by atoms with Gasteiger partial charge in [0.2, 0.25) is 17.6 Å². The van der Waals surface area contributed by atoms with Crippen molar-refractivity contribution in [2.45, 2.75) is 96.4 Å². The number of likely N-dealkylation sites (N-methyl/N-ethyl adjacent to an activating group) is 1. The largest absolute Gasteiger partial charge is 0.491 e. The van der Waals surface area contributed by atoms with Crippen molar-refractivity contribution < 1.29 is 42.9 Å². The summed E-state index contributed by atoms with van der Waals surface area (Å²) >= 11 is 1.35. The highest BCUT2D eigenvalue weighted by molar-refractivity contribution is 7.10. The lowest BCUT2D eigenvalue weighted by Crippen LogP contribution is -2.56. The molecule has 2 aromatic rings. The molecule has 13 nitrogen and oxygen atoms in total. The van der Waals surface area contributed by atoms with Gasteiger partial charge in [0.25, 0.3) is 0 Å². The van der Waals surface area contributed by atoms with Crippen LogP contribution in [0.1, 0.15) is 99.7 Å². The van der Waals surface area contributed by atoms with Crippen molar-refractivity contribution in [1.82, 2.24) is 20.1 Å². The van der Waals surface area contributed by atoms with E-state index < -0.39 is 29.7 Å². The number of ketones is 1. The molecule has 280 valence electrons. The van der Waals surface area contributed by atoms with Crippen molar-refractivity contribution in [2.24, 2.45) is 5.92 Å². The first kappa shape index (κ1) is 39.9. The molecule has 4 rings (SSSR count). The van der Waals surface area contributed by atoms with Crippen LogP contribution in [0.4, 0.5) is 4.79 Å². The van der Waals surface area contributed by atoms with Crippen LogP contribution in [0.25, 0.3) is 0 Å². The minimum absolute atomic E-state index is 0.0209. The van der Waals surface area contributed by atoms with Crippen LogP contribution in [0, 0.1) is 5.92 Å². The summed E-state index contributed by atoms with van der Waals surface area (Å²) in [6.45, 7) is 8.74. The Morgan fingerprint density at radius 2 is 1.76 bits per heavy atom. The second-order valence-electron chi connectivity index (χ2n) is 14.0. The zero-order valence-electron chi connectivity index (χ0n) is 30.4. The number of amides is 3. The average molecular weight is 729 g/mol. The SMILES string of the molecule is C[C@@H](C(=O)N[C@H](C(=O)N1CCC[C@H]1c1nc(C(=O)c2cccc(OCCOCCOCC=O)c2)cs1)C1CCCCC1)N(C)C(=O)OC(C)(C)C. The number of rotatable bonds is 17. The molecule has 1 saturated carbocycles. The van der Waals surface area contributed by atoms with Crippen LogP contribution in [0.15, 0.2) is 29.6 Å². The summed E-state index contributed by atoms with van der Waals surface area (Å²) < 4.78 is 21.7. The molecular formula is C37H52N4O9S. The number of likely N-dealkylation sites (tertiary alicyclic amines) is 1. The molecule has 1 aliphatic carbocycles. The normalized spacial score (nSPS) is 17.7. The first-order chi connectivity index (χ1) is 24.4. The van der Waals surface area contributed by atoms with Gasteiger partial charge in [-0.15, -0.1) is 11.3 Å². The Bertz CT molecular complexity index is 1490. The number of carbonyl (C=O) groups is 5. The second kappa shape index (κ2) is 19.1. The van der Waals surface area contributed by atoms with Crippen LogP contribution in [-0.2, 0) is 28.6 Å². The molecule has 0 unspecified atom stereocenters. The van der Waals surface area contributed by atoms with Gasteiger partial charge in [-0.1, -0.05) is 31.4 Å². The lowest BCUT2D eigenvalue weighted by atomic mass is 9.83. The molecule has 0 radical (unpaired) electrons. The highest BCUT2D eigenvalue weighted by atomic mass is 32.1. The Labute approximate surface area is 304 Å². The molecule has 51 heavy (non-hydrogen) atoms. The van der Waals surface area contributed by atoms with Gasteiger partial charge in [0, 0.05) is 24.5 Å². The molecule has 1 aliphatic heterocycles. The van der Waals surface area contributed by atoms with Gasteiger partial charge in [0.15, 0.2) is 0 Å². The molecule has 1 aromatic carbocycles. The van der Waals surface area contributed by atoms with E-state index in [-0.39, 0.29) is 36.9 Å². The molecule has 2 heterocycles. The van der Waals surface area contributed by atoms with Crippen LogP contribution < -0.4 is 10.1 Å². The maximum Gasteiger partial charge on any atom is 0.410 e. The summed E-state index contributed by atoms with van der Waals surface area (Å²) in [7, 11) is 1.52. The number of benzene rings is 1. The number of thiazole rings is 1. The maximum absolute atomic E-state index is 14.3. The molecular weight excluding hydrogens is 676 g/mol. The summed E-state index contributed by atoms with van der Waals surface area (Å²) in [5.74, 6) is -0.322. The van der Waals surface area contributed by atoms with E-state index in [4.69, 9.17) is 23.9 Å². The Morgan fingerprint density at radius 3 is 2.49 bits per heavy atom. The van der Waals surface area contributed by atoms with Crippen molar-refractivity contribution in [3.8, 4) is 5.75 Å². The molecule has 14 heteroatoms. The smallest absolute Gasteiger partial charge is 0.410 e. The number of nitrogens with zero attached hydrogens (tertiary/aromatic N) is 3. The van der Waals surface area contributed by atoms with Gasteiger partial charge in [-0.3, -0.25) is 19.3 Å². The zero-order chi connectivity index (χ0) is 37.0. The predicted octanol–water partition coefficient (Wildman–Crippen LogP) is 4.97. The van der Waals surface area contributed by atoms with Crippen LogP contribution in [-0.4, -0.2) is 109 Å². The monoisotopic (exact) mass is 728 g/mol. The van der Waals surface area contributed by atoms with E-state index in [1.807, 2.05) is 0 Å². The molecule has 2 fully saturated rings. The number of hydrogen-bond donors (Lipinski definition) is 1. The van der Waals surface area contributed by atoms with E-state index in [2.05, 4.69) is 5.32 Å². The van der Waals surface area contributed by atoms with Gasteiger partial charge >= 0.3 is 6.09 Å². The fourth-order valence-corrected chi connectivity index (χ4v) is 7.19. The van der Waals surface area contributed by atoms with E-state index in [1.54, 1.807) is 62.2 Å². The van der Waals surface area contributed by atoms with E-state index >= 15 is 0 Å². The van der Waals surface area contributed by atoms with Crippen LogP contribution in [0.3, 0.4) is 0 Å². The van der Waals surface area contributed by atoms with Crippen LogP contribution in [0.5, 0.6) is 5.75 Å². The zero-order valence-corrected chi connectivity index (χ0v) is 31.2. The van der Waals surface area contributed by atoms with Gasteiger partial charge in [-0.05, 0) is 71.4 Å². The Balaban J connectivity index is 1.41. The molecule has 3 amide bonds. The molecule has 1 aromatic heterocycles. The van der Waals surface area contributed by atoms with Crippen LogP contribution in [0.2, 0.25) is 0 Å². The number of aldehydes is 1. The third kappa shape index (κ3) is 11.6. The summed E-state index contributed by atoms with van der Waals surface area (Å²) in [5.41, 5.74) is 0.0105. The maximum atomic E-state index is 14.3. The Morgan fingerprint density at radius 1 is 1.04 bits per heavy atom. The van der Waals surface area contributed by atoms with Gasteiger partial charge in [-0.25, -0.2) is 9.78 Å². The predicted molar refractivity (Wildman–Crippen MR) is 191 cm³/mol. The Hall–Kier alpha value is -3.88. The third-order valence-electron chi connectivity index (χ3n) is 9.05. The quantitative estimate of drug-likeness (QED) is 0.134. The number of hydrogen-bond acceptors (Lipinski definition) is 11. The van der Waals surface area contributed by atoms with Crippen LogP contribution >= 0.6 is 11.3 Å². The van der Waals surface area contributed by atoms with Crippen molar-refractivity contribution >= 4 is 41.3 Å². The van der Waals surface area contributed by atoms with E-state index in [9.17, 15) is 24.0 Å². The number of carbonyl (C=O) groups excluding carboxylic acids is 5. The minimum atomic E-state index is -0.849. The first-order valence-electron chi connectivity index (χ1n) is 17.8. The van der Waals surface area contributed by atoms with Gasteiger partial charge in [0.05, 0.1) is 25.9 Å². The minimum Gasteiger partial charge on any atom is -0.491 e. The summed E-state index contributed by atoms with van der Waals surface area (Å²) in [4.78, 5) is 72.1. The van der Waals surface area contributed by atoms with Crippen molar-refractivity contribution in [1.29, 1.82) is 0 Å². The van der Waals surface area contributed by atoms with E-state index in [0.717, 1.165) is 38.5 Å². The fraction of sp³-hybridized carbons (Fsp3) is 0.622. The molecule has 0 bridgehead atoms. The highest BCUT2D eigenvalue weighted by Crippen LogP contribution is 2.36. The van der Waals surface area contributed by atoms with E-state index in [0.29, 0.717) is 61.1 Å². The average Bonchev–Trinajstić information content (AvgIpc) is 3.81. The number of ether oxygens (including phenoxy) is 4. The standard InChI is InChI=1S/C37H52N4O9S/c1-25(40(5)36(46)50-37(2,3)4)33(44)39-31(26-11-7-6-8-12-26)35(45)41-16-10-15-30(41)34-38-29(24-51-34)32(43)27-13-9-14-28(23-27)49-22-21-48-20-19-47-18-17-42/h9,13-14,17,23-26,30-31H,6-8,10-12,15-16,18-22H2,1-5H3,(H,39,44)/t25-,30-,31-/m0/s1. The van der Waals surface area contributed by atoms with Gasteiger partial charge < -0.3 is 34.0 Å². The summed E-state index contributed by atoms with van der Waals surface area (Å²) in [6.07, 6.45) is 6.26. The highest BCUT2D eigenvalue weighted by Gasteiger charge is 2.41. The van der Waals surface area contributed by atoms with Gasteiger partial charge in [0.1, 0.15) is 53.6 Å². The topological polar surface area (TPSA) is 154 Å². The summed E-state index contributed by atoms with van der Waals surface area (Å²) in [5, 5.41) is 5.43. The third-order valence-corrected chi connectivity index (χ3v) is 10.00. The number of nitrogens with one attached hydrogen (secondary N) is 1. The fourth-order valence-electron chi connectivity index (χ4n) is 6.25. The van der Waals surface area contributed by atoms with Gasteiger partial charge in [-0.2, -0.15) is 0 Å². The molecule has 0 spiro atoms. The first-order valence-corrected chi connectivity index (χ1v) is 18.7. The molecule has 2 aliphatic rings. The van der Waals surface area contributed by atoms with Crippen molar-refractivity contribution in [2.75, 3.05) is 46.6 Å². The molecule has 1 saturated heterocycles. The number of aromatic nitrogens is 1. The Kier molecular flexibility index (Phi) is 14.9. The second-order valence-corrected chi connectivity index (χ2v) is 14.9. The lowest BCUT2D eigenvalue weighted by molar-refractivity contribution is -0.140.